The van der Waals surface area contributed by atoms with E-state index in [1.54, 1.807) is 0 Å². The van der Waals surface area contributed by atoms with Crippen molar-refractivity contribution < 1.29 is 9.53 Å². The molecule has 3 nitrogen and oxygen atoms in total. The van der Waals surface area contributed by atoms with Crippen molar-refractivity contribution in [3.63, 3.8) is 0 Å². The maximum Gasteiger partial charge on any atom is 0.307 e. The van der Waals surface area contributed by atoms with Gasteiger partial charge < -0.3 is 10.1 Å². The molecule has 1 aromatic carbocycles. The molecule has 0 fully saturated rings. The summed E-state index contributed by atoms with van der Waals surface area (Å²) in [6.45, 7) is 3.94. The molecule has 0 amide bonds. The van der Waals surface area contributed by atoms with Gasteiger partial charge in [0.15, 0.2) is 0 Å². The van der Waals surface area contributed by atoms with Gasteiger partial charge in [-0.3, -0.25) is 4.79 Å². The van der Waals surface area contributed by atoms with Gasteiger partial charge in [-0.05, 0) is 12.1 Å². The number of hydrogen-bond acceptors (Lipinski definition) is 3. The lowest BCUT2D eigenvalue weighted by atomic mass is 10.2. The molecule has 0 aliphatic heterocycles. The van der Waals surface area contributed by atoms with Crippen LogP contribution in [0.25, 0.3) is 0 Å². The lowest BCUT2D eigenvalue weighted by Gasteiger charge is -2.04. The van der Waals surface area contributed by atoms with Gasteiger partial charge in [0.2, 0.25) is 0 Å². The first-order valence-corrected chi connectivity index (χ1v) is 5.23. The highest BCUT2D eigenvalue weighted by atomic mass is 16.5. The topological polar surface area (TPSA) is 38.3 Å². The Kier molecular flexibility index (Phi) is 5.48. The summed E-state index contributed by atoms with van der Waals surface area (Å²) < 4.78 is 5.10. The molecule has 3 heteroatoms. The average molecular weight is 207 g/mol. The molecule has 0 aliphatic carbocycles. The molecule has 0 spiro atoms. The highest BCUT2D eigenvalue weighted by molar-refractivity contribution is 5.69. The SMILES string of the molecule is CCNCCC(=O)OCc1ccccc1. The van der Waals surface area contributed by atoms with E-state index in [0.29, 0.717) is 19.6 Å². The van der Waals surface area contributed by atoms with Crippen molar-refractivity contribution in [1.82, 2.24) is 5.32 Å². The van der Waals surface area contributed by atoms with Gasteiger partial charge in [-0.15, -0.1) is 0 Å². The molecule has 1 aromatic rings. The lowest BCUT2D eigenvalue weighted by molar-refractivity contribution is -0.144. The summed E-state index contributed by atoms with van der Waals surface area (Å²) in [4.78, 5) is 11.2. The van der Waals surface area contributed by atoms with Crippen LogP contribution in [0.3, 0.4) is 0 Å². The Hall–Kier alpha value is -1.35. The quantitative estimate of drug-likeness (QED) is 0.570. The van der Waals surface area contributed by atoms with Crippen LogP contribution in [0.2, 0.25) is 0 Å². The summed E-state index contributed by atoms with van der Waals surface area (Å²) >= 11 is 0. The molecular formula is C12H17NO2. The fraction of sp³-hybridized carbons (Fsp3) is 0.417. The number of hydrogen-bond donors (Lipinski definition) is 1. The largest absolute Gasteiger partial charge is 0.461 e. The Balaban J connectivity index is 2.17. The summed E-state index contributed by atoms with van der Waals surface area (Å²) in [5, 5.41) is 3.08. The molecule has 0 aromatic heterocycles. The van der Waals surface area contributed by atoms with Gasteiger partial charge in [-0.1, -0.05) is 37.3 Å². The second kappa shape index (κ2) is 7.01. The van der Waals surface area contributed by atoms with E-state index < -0.39 is 0 Å². The van der Waals surface area contributed by atoms with E-state index in [1.807, 2.05) is 37.3 Å². The zero-order chi connectivity index (χ0) is 10.9. The Morgan fingerprint density at radius 1 is 1.33 bits per heavy atom. The van der Waals surface area contributed by atoms with Crippen LogP contribution in [0.1, 0.15) is 18.9 Å². The van der Waals surface area contributed by atoms with Crippen LogP contribution in [0, 0.1) is 0 Å². The van der Waals surface area contributed by atoms with Crippen LogP contribution >= 0.6 is 0 Å². The molecule has 0 bridgehead atoms. The molecule has 1 N–H and O–H groups in total. The minimum Gasteiger partial charge on any atom is -0.461 e. The molecule has 0 aliphatic rings. The number of rotatable bonds is 6. The van der Waals surface area contributed by atoms with E-state index >= 15 is 0 Å². The molecule has 82 valence electrons. The lowest BCUT2D eigenvalue weighted by Crippen LogP contribution is -2.18. The van der Waals surface area contributed by atoms with Crippen LogP contribution in [-0.2, 0) is 16.1 Å². The first-order chi connectivity index (χ1) is 7.33. The third-order valence-corrected chi connectivity index (χ3v) is 2.00. The molecule has 0 saturated carbocycles. The number of ether oxygens (including phenoxy) is 1. The average Bonchev–Trinajstić information content (AvgIpc) is 2.28. The highest BCUT2D eigenvalue weighted by Crippen LogP contribution is 2.01. The number of esters is 1. The summed E-state index contributed by atoms with van der Waals surface area (Å²) in [5.74, 6) is -0.153. The fourth-order valence-corrected chi connectivity index (χ4v) is 1.18. The third-order valence-electron chi connectivity index (χ3n) is 2.00. The van der Waals surface area contributed by atoms with Crippen molar-refractivity contribution in [3.05, 3.63) is 35.9 Å². The molecule has 0 saturated heterocycles. The van der Waals surface area contributed by atoms with Crippen LogP contribution < -0.4 is 5.32 Å². The predicted octanol–water partition coefficient (Wildman–Crippen LogP) is 1.73. The number of carbonyl (C=O) groups excluding carboxylic acids is 1. The van der Waals surface area contributed by atoms with Crippen LogP contribution in [-0.4, -0.2) is 19.1 Å². The highest BCUT2D eigenvalue weighted by Gasteiger charge is 2.01. The predicted molar refractivity (Wildman–Crippen MR) is 59.4 cm³/mol. The fourth-order valence-electron chi connectivity index (χ4n) is 1.18. The third kappa shape index (κ3) is 5.18. The van der Waals surface area contributed by atoms with E-state index in [2.05, 4.69) is 5.32 Å². The smallest absolute Gasteiger partial charge is 0.307 e. The summed E-state index contributed by atoms with van der Waals surface area (Å²) in [6.07, 6.45) is 0.431. The first kappa shape index (κ1) is 11.7. The maximum absolute atomic E-state index is 11.2. The number of benzene rings is 1. The number of carbonyl (C=O) groups is 1. The van der Waals surface area contributed by atoms with E-state index in [4.69, 9.17) is 4.74 Å². The molecular weight excluding hydrogens is 190 g/mol. The molecule has 0 radical (unpaired) electrons. The molecule has 0 heterocycles. The standard InChI is InChI=1S/C12H17NO2/c1-2-13-9-8-12(14)15-10-11-6-4-3-5-7-11/h3-7,13H,2,8-10H2,1H3. The van der Waals surface area contributed by atoms with Gasteiger partial charge in [-0.25, -0.2) is 0 Å². The monoisotopic (exact) mass is 207 g/mol. The van der Waals surface area contributed by atoms with E-state index in [9.17, 15) is 4.79 Å². The minimum absolute atomic E-state index is 0.153. The van der Waals surface area contributed by atoms with Gasteiger partial charge in [-0.2, -0.15) is 0 Å². The summed E-state index contributed by atoms with van der Waals surface area (Å²) in [5.41, 5.74) is 1.02. The van der Waals surface area contributed by atoms with Crippen molar-refractivity contribution >= 4 is 5.97 Å². The van der Waals surface area contributed by atoms with Crippen molar-refractivity contribution in [2.24, 2.45) is 0 Å². The summed E-state index contributed by atoms with van der Waals surface area (Å²) in [7, 11) is 0. The van der Waals surface area contributed by atoms with Crippen molar-refractivity contribution in [3.8, 4) is 0 Å². The van der Waals surface area contributed by atoms with Gasteiger partial charge >= 0.3 is 5.97 Å². The van der Waals surface area contributed by atoms with E-state index in [1.165, 1.54) is 0 Å². The zero-order valence-electron chi connectivity index (χ0n) is 9.03. The molecule has 0 unspecified atom stereocenters. The second-order valence-corrected chi connectivity index (χ2v) is 3.25. The zero-order valence-corrected chi connectivity index (χ0v) is 9.03. The van der Waals surface area contributed by atoms with Crippen molar-refractivity contribution in [1.29, 1.82) is 0 Å². The van der Waals surface area contributed by atoms with Gasteiger partial charge in [0.05, 0.1) is 6.42 Å². The maximum atomic E-state index is 11.2. The summed E-state index contributed by atoms with van der Waals surface area (Å²) in [6, 6.07) is 9.69. The van der Waals surface area contributed by atoms with Crippen LogP contribution in [0.5, 0.6) is 0 Å². The molecule has 1 rings (SSSR count). The normalized spacial score (nSPS) is 9.93. The van der Waals surface area contributed by atoms with Gasteiger partial charge in [0, 0.05) is 6.54 Å². The minimum atomic E-state index is -0.153. The Morgan fingerprint density at radius 3 is 2.73 bits per heavy atom. The number of nitrogens with one attached hydrogen (secondary N) is 1. The van der Waals surface area contributed by atoms with Gasteiger partial charge in [0.1, 0.15) is 6.61 Å². The second-order valence-electron chi connectivity index (χ2n) is 3.25. The van der Waals surface area contributed by atoms with E-state index in [-0.39, 0.29) is 5.97 Å². The molecule has 15 heavy (non-hydrogen) atoms. The first-order valence-electron chi connectivity index (χ1n) is 5.23. The van der Waals surface area contributed by atoms with E-state index in [0.717, 1.165) is 12.1 Å². The van der Waals surface area contributed by atoms with Crippen molar-refractivity contribution in [2.45, 2.75) is 20.0 Å². The molecule has 0 atom stereocenters. The van der Waals surface area contributed by atoms with Crippen molar-refractivity contribution in [2.75, 3.05) is 13.1 Å². The van der Waals surface area contributed by atoms with Gasteiger partial charge in [0.25, 0.3) is 0 Å². The Labute approximate surface area is 90.4 Å². The Morgan fingerprint density at radius 2 is 2.07 bits per heavy atom. The Bertz CT molecular complexity index is 285. The van der Waals surface area contributed by atoms with Crippen LogP contribution in [0.15, 0.2) is 30.3 Å². The van der Waals surface area contributed by atoms with Crippen LogP contribution in [0.4, 0.5) is 0 Å².